The van der Waals surface area contributed by atoms with Gasteiger partial charge in [-0.3, -0.25) is 20.3 Å². The van der Waals surface area contributed by atoms with E-state index < -0.39 is 5.91 Å². The summed E-state index contributed by atoms with van der Waals surface area (Å²) in [4.78, 5) is 19.8. The largest absolute Gasteiger partial charge is 0.387 e. The maximum atomic E-state index is 10.3. The van der Waals surface area contributed by atoms with Gasteiger partial charge in [-0.25, -0.2) is 0 Å². The number of rotatable bonds is 3. The molecule has 9 heavy (non-hydrogen) atoms. The first-order valence-electron chi connectivity index (χ1n) is 2.22. The van der Waals surface area contributed by atoms with Crippen molar-refractivity contribution in [3.63, 3.8) is 0 Å². The lowest BCUT2D eigenvalue weighted by Crippen LogP contribution is -2.26. The second-order valence-electron chi connectivity index (χ2n) is 1.39. The summed E-state index contributed by atoms with van der Waals surface area (Å²) in [5, 5.41) is 8.44. The number of imide groups is 1. The van der Waals surface area contributed by atoms with E-state index in [2.05, 4.69) is 0 Å². The van der Waals surface area contributed by atoms with E-state index in [-0.39, 0.29) is 18.7 Å². The minimum Gasteiger partial charge on any atom is -0.387 e. The number of nitrogens with two attached hydrogens (primary N) is 1. The molecule has 2 amide bonds. The van der Waals surface area contributed by atoms with E-state index in [1.54, 1.807) is 0 Å². The average molecular weight is 129 g/mol. The van der Waals surface area contributed by atoms with Gasteiger partial charge in [-0.1, -0.05) is 0 Å². The number of hydrogen-bond acceptors (Lipinski definition) is 3. The molecule has 0 saturated heterocycles. The Balaban J connectivity index is 3.50. The Morgan fingerprint density at radius 1 is 1.78 bits per heavy atom. The van der Waals surface area contributed by atoms with Crippen molar-refractivity contribution in [2.45, 2.75) is 6.42 Å². The van der Waals surface area contributed by atoms with Crippen molar-refractivity contribution < 1.29 is 9.59 Å². The van der Waals surface area contributed by atoms with Crippen LogP contribution in [0.15, 0.2) is 0 Å². The normalized spacial score (nSPS) is 8.00. The summed E-state index contributed by atoms with van der Waals surface area (Å²) in [5.74, 6) is -0.813. The van der Waals surface area contributed by atoms with E-state index in [0.717, 1.165) is 0 Å². The van der Waals surface area contributed by atoms with E-state index in [0.29, 0.717) is 0 Å². The van der Waals surface area contributed by atoms with Gasteiger partial charge in [0, 0.05) is 0 Å². The number of nitrogens with one attached hydrogen (secondary N) is 2. The molecular formula is C4H7N3O2. The lowest BCUT2D eigenvalue weighted by molar-refractivity contribution is -0.124. The Labute approximate surface area is 51.7 Å². The van der Waals surface area contributed by atoms with Gasteiger partial charge in [-0.2, -0.15) is 0 Å². The fourth-order valence-corrected chi connectivity index (χ4v) is 0.290. The van der Waals surface area contributed by atoms with Gasteiger partial charge >= 0.3 is 0 Å². The van der Waals surface area contributed by atoms with E-state index in [4.69, 9.17) is 11.1 Å². The van der Waals surface area contributed by atoms with Crippen LogP contribution in [0.5, 0.6) is 0 Å². The molecule has 0 aliphatic rings. The maximum Gasteiger partial charge on any atom is 0.233 e. The van der Waals surface area contributed by atoms with Gasteiger partial charge in [0.15, 0.2) is 0 Å². The summed E-state index contributed by atoms with van der Waals surface area (Å²) in [5.41, 5.74) is 4.83. The van der Waals surface area contributed by atoms with Gasteiger partial charge in [-0.15, -0.1) is 0 Å². The fourth-order valence-electron chi connectivity index (χ4n) is 0.290. The smallest absolute Gasteiger partial charge is 0.233 e. The molecule has 0 atom stereocenters. The first kappa shape index (κ1) is 7.61. The van der Waals surface area contributed by atoms with Crippen molar-refractivity contribution in [1.82, 2.24) is 5.32 Å². The molecule has 0 unspecified atom stereocenters. The minimum atomic E-state index is -0.558. The van der Waals surface area contributed by atoms with Crippen LogP contribution in [0.25, 0.3) is 0 Å². The highest BCUT2D eigenvalue weighted by Gasteiger charge is 1.99. The van der Waals surface area contributed by atoms with Crippen LogP contribution in [0.2, 0.25) is 0 Å². The third-order valence-electron chi connectivity index (χ3n) is 0.571. The average Bonchev–Trinajstić information content (AvgIpc) is 1.63. The summed E-state index contributed by atoms with van der Waals surface area (Å²) in [6, 6.07) is 0. The fraction of sp³-hybridized carbons (Fsp3) is 0.250. The Morgan fingerprint density at radius 2 is 2.33 bits per heavy atom. The number of amides is 2. The zero-order chi connectivity index (χ0) is 7.28. The Bertz CT molecular complexity index is 143. The van der Waals surface area contributed by atoms with Crippen molar-refractivity contribution in [1.29, 1.82) is 5.41 Å². The molecule has 4 N–H and O–H groups in total. The maximum absolute atomic E-state index is 10.3. The lowest BCUT2D eigenvalue weighted by Gasteiger charge is -1.92. The Morgan fingerprint density at radius 3 is 2.67 bits per heavy atom. The monoisotopic (exact) mass is 129 g/mol. The molecule has 0 aromatic heterocycles. The third kappa shape index (κ3) is 4.46. The highest BCUT2D eigenvalue weighted by atomic mass is 16.2. The van der Waals surface area contributed by atoms with Crippen LogP contribution in [-0.4, -0.2) is 18.2 Å². The molecule has 0 spiro atoms. The molecule has 0 aliphatic carbocycles. The number of carbonyl (C=O) groups excluding carboxylic acids is 2. The summed E-state index contributed by atoms with van der Waals surface area (Å²) < 4.78 is 0. The van der Waals surface area contributed by atoms with Crippen LogP contribution in [0.4, 0.5) is 0 Å². The second-order valence-corrected chi connectivity index (χ2v) is 1.39. The van der Waals surface area contributed by atoms with Gasteiger partial charge < -0.3 is 5.73 Å². The molecule has 5 heteroatoms. The van der Waals surface area contributed by atoms with Gasteiger partial charge in [0.25, 0.3) is 0 Å². The van der Waals surface area contributed by atoms with Crippen molar-refractivity contribution in [3.8, 4) is 0 Å². The molecule has 0 bridgehead atoms. The lowest BCUT2D eigenvalue weighted by atomic mass is 10.4. The van der Waals surface area contributed by atoms with Crippen LogP contribution in [0.1, 0.15) is 6.42 Å². The van der Waals surface area contributed by atoms with Crippen LogP contribution in [0.3, 0.4) is 0 Å². The third-order valence-corrected chi connectivity index (χ3v) is 0.571. The second kappa shape index (κ2) is 3.59. The van der Waals surface area contributed by atoms with Crippen molar-refractivity contribution in [2.75, 3.05) is 0 Å². The highest BCUT2D eigenvalue weighted by molar-refractivity contribution is 6.00. The van der Waals surface area contributed by atoms with Gasteiger partial charge in [-0.05, 0) is 0 Å². The molecule has 0 aromatic rings. The standard InChI is InChI=1S/C4H7N3O2/c5-3(6)1-4(9)7-2-8/h2H,1H2,(H3,5,6)(H,7,8,9). The molecule has 0 aromatic carbocycles. The molecule has 0 saturated carbocycles. The van der Waals surface area contributed by atoms with Crippen molar-refractivity contribution in [2.24, 2.45) is 5.73 Å². The molecule has 0 heterocycles. The molecule has 5 nitrogen and oxygen atoms in total. The topological polar surface area (TPSA) is 96.0 Å². The highest BCUT2D eigenvalue weighted by Crippen LogP contribution is 1.73. The van der Waals surface area contributed by atoms with E-state index >= 15 is 0 Å². The van der Waals surface area contributed by atoms with E-state index in [9.17, 15) is 9.59 Å². The predicted molar refractivity (Wildman–Crippen MR) is 30.7 cm³/mol. The quantitative estimate of drug-likeness (QED) is 0.248. The molecular weight excluding hydrogens is 122 g/mol. The van der Waals surface area contributed by atoms with Crippen molar-refractivity contribution >= 4 is 18.2 Å². The predicted octanol–water partition coefficient (Wildman–Crippen LogP) is -1.41. The Hall–Kier alpha value is -1.39. The first-order chi connectivity index (χ1) is 4.16. The Kier molecular flexibility index (Phi) is 3.04. The molecule has 0 aliphatic heterocycles. The zero-order valence-electron chi connectivity index (χ0n) is 4.68. The number of hydrogen-bond donors (Lipinski definition) is 3. The molecule has 0 radical (unpaired) electrons. The zero-order valence-corrected chi connectivity index (χ0v) is 4.68. The summed E-state index contributed by atoms with van der Waals surface area (Å²) in [6.07, 6.45) is 0.0318. The molecule has 0 fully saturated rings. The van der Waals surface area contributed by atoms with Crippen LogP contribution < -0.4 is 11.1 Å². The van der Waals surface area contributed by atoms with Gasteiger partial charge in [0.1, 0.15) is 5.84 Å². The number of carbonyl (C=O) groups is 2. The number of amidine groups is 1. The van der Waals surface area contributed by atoms with Crippen LogP contribution in [0, 0.1) is 5.41 Å². The summed E-state index contributed by atoms with van der Waals surface area (Å²) in [6.45, 7) is 0. The van der Waals surface area contributed by atoms with Gasteiger partial charge in [0.2, 0.25) is 12.3 Å². The van der Waals surface area contributed by atoms with Crippen molar-refractivity contribution in [3.05, 3.63) is 0 Å². The minimum absolute atomic E-state index is 0.223. The SMILES string of the molecule is N=C(N)CC(=O)NC=O. The first-order valence-corrected chi connectivity index (χ1v) is 2.22. The van der Waals surface area contributed by atoms with E-state index in [1.807, 2.05) is 5.32 Å². The van der Waals surface area contributed by atoms with Gasteiger partial charge in [0.05, 0.1) is 6.42 Å². The van der Waals surface area contributed by atoms with Crippen LogP contribution >= 0.6 is 0 Å². The molecule has 50 valence electrons. The summed E-state index contributed by atoms with van der Waals surface area (Å²) >= 11 is 0. The summed E-state index contributed by atoms with van der Waals surface area (Å²) in [7, 11) is 0. The van der Waals surface area contributed by atoms with Crippen LogP contribution in [-0.2, 0) is 9.59 Å². The van der Waals surface area contributed by atoms with E-state index in [1.165, 1.54) is 0 Å². The molecule has 0 rings (SSSR count).